The van der Waals surface area contributed by atoms with E-state index in [4.69, 9.17) is 36.3 Å². The molecule has 1 heterocycles. The lowest BCUT2D eigenvalue weighted by atomic mass is 10.1. The number of guanidine groups is 1. The number of benzene rings is 1. The van der Waals surface area contributed by atoms with E-state index in [2.05, 4.69) is 9.89 Å². The first-order chi connectivity index (χ1) is 11.8. The van der Waals surface area contributed by atoms with E-state index in [-0.39, 0.29) is 5.96 Å². The van der Waals surface area contributed by atoms with Crippen LogP contribution in [-0.2, 0) is 4.74 Å². The van der Waals surface area contributed by atoms with E-state index >= 15 is 0 Å². The molecule has 0 aromatic heterocycles. The minimum atomic E-state index is -1.75. The molecule has 10 nitrogen and oxygen atoms in total. The van der Waals surface area contributed by atoms with Crippen LogP contribution in [0.15, 0.2) is 12.1 Å². The molecule has 0 radical (unpaired) electrons. The van der Waals surface area contributed by atoms with Crippen molar-refractivity contribution in [2.24, 2.45) is 11.5 Å². The molecule has 1 fully saturated rings. The lowest BCUT2D eigenvalue weighted by Crippen LogP contribution is -2.72. The number of nitrogens with one attached hydrogen (secondary N) is 1. The van der Waals surface area contributed by atoms with Crippen LogP contribution in [0.25, 0.3) is 0 Å². The van der Waals surface area contributed by atoms with Crippen molar-refractivity contribution in [2.75, 3.05) is 39.5 Å². The number of rotatable bonds is 5. The smallest absolute Gasteiger partial charge is 0.343 e. The van der Waals surface area contributed by atoms with E-state index in [9.17, 15) is 0 Å². The molecule has 0 spiro atoms. The maximum absolute atomic E-state index is 8.25. The molecule has 0 bridgehead atoms. The standard InChI is InChI=1S/C15H24N4O2.NO3/c1-11-9-13(18-15(16)17)10-12(2)14(11)21-8-5-19-3-6-20-7-4-19;2-1(3)4/h9-10H,3-8H2,1-2H3,(H4,16,17,18);/q;-1/p+1. The number of hydrogen-bond acceptors (Lipinski definition) is 6. The zero-order valence-electron chi connectivity index (χ0n) is 14.5. The topological polar surface area (TPSA) is 154 Å². The highest BCUT2D eigenvalue weighted by Gasteiger charge is 2.11. The number of hydrogen-bond donors (Lipinski definition) is 3. The summed E-state index contributed by atoms with van der Waals surface area (Å²) in [6.07, 6.45) is 0. The fraction of sp³-hybridized carbons (Fsp3) is 0.533. The van der Waals surface area contributed by atoms with E-state index in [0.717, 1.165) is 55.4 Å². The second-order valence-electron chi connectivity index (χ2n) is 5.55. The van der Waals surface area contributed by atoms with Gasteiger partial charge in [-0.25, -0.2) is 4.99 Å². The van der Waals surface area contributed by atoms with Crippen molar-refractivity contribution in [1.82, 2.24) is 4.90 Å². The number of aryl methyl sites for hydroxylation is 2. The Balaban J connectivity index is 0.000000705. The second kappa shape index (κ2) is 10.3. The molecule has 10 heteroatoms. The molecule has 1 aromatic carbocycles. The normalized spacial score (nSPS) is 14.2. The van der Waals surface area contributed by atoms with Gasteiger partial charge in [0.1, 0.15) is 12.4 Å². The average Bonchev–Trinajstić information content (AvgIpc) is 2.50. The van der Waals surface area contributed by atoms with Crippen LogP contribution in [0.5, 0.6) is 5.75 Å². The van der Waals surface area contributed by atoms with Gasteiger partial charge in [-0.3, -0.25) is 16.4 Å². The van der Waals surface area contributed by atoms with Gasteiger partial charge in [0.2, 0.25) is 0 Å². The molecule has 1 aliphatic rings. The SMILES string of the molecule is Cc1cc([NH+]=C(N)N)cc(C)c1OCCN1CCOCC1.O=[N+]([O-])[O-]. The highest BCUT2D eigenvalue weighted by molar-refractivity contribution is 5.70. The van der Waals surface area contributed by atoms with Gasteiger partial charge >= 0.3 is 5.96 Å². The van der Waals surface area contributed by atoms with Crippen molar-refractivity contribution < 1.29 is 19.6 Å². The molecule has 1 aromatic rings. The Morgan fingerprint density at radius 2 is 1.80 bits per heavy atom. The zero-order chi connectivity index (χ0) is 18.8. The number of morpholine rings is 1. The van der Waals surface area contributed by atoms with Gasteiger partial charge in [-0.1, -0.05) is 0 Å². The zero-order valence-corrected chi connectivity index (χ0v) is 14.5. The lowest BCUT2D eigenvalue weighted by Gasteiger charge is -2.26. The Morgan fingerprint density at radius 1 is 1.28 bits per heavy atom. The molecular weight excluding hydrogens is 330 g/mol. The van der Waals surface area contributed by atoms with Crippen molar-refractivity contribution >= 4 is 11.6 Å². The molecule has 140 valence electrons. The number of nitrogens with two attached hydrogens (primary N) is 2. The van der Waals surface area contributed by atoms with E-state index in [1.165, 1.54) is 0 Å². The third-order valence-corrected chi connectivity index (χ3v) is 3.51. The predicted octanol–water partition coefficient (Wildman–Crippen LogP) is -1.24. The molecule has 25 heavy (non-hydrogen) atoms. The monoisotopic (exact) mass is 355 g/mol. The maximum Gasteiger partial charge on any atom is 0.343 e. The fourth-order valence-corrected chi connectivity index (χ4v) is 2.52. The van der Waals surface area contributed by atoms with E-state index < -0.39 is 5.09 Å². The summed E-state index contributed by atoms with van der Waals surface area (Å²) in [5.74, 6) is 1.12. The molecule has 0 unspecified atom stereocenters. The van der Waals surface area contributed by atoms with Crippen molar-refractivity contribution in [2.45, 2.75) is 13.8 Å². The highest BCUT2D eigenvalue weighted by Crippen LogP contribution is 2.25. The average molecular weight is 355 g/mol. The lowest BCUT2D eigenvalue weighted by molar-refractivity contribution is -0.402. The van der Waals surface area contributed by atoms with Gasteiger partial charge in [0.05, 0.1) is 24.0 Å². The van der Waals surface area contributed by atoms with Gasteiger partial charge in [0.25, 0.3) is 0 Å². The van der Waals surface area contributed by atoms with Gasteiger partial charge in [-0.15, -0.1) is 0 Å². The van der Waals surface area contributed by atoms with Gasteiger partial charge in [-0.2, -0.15) is 0 Å². The van der Waals surface area contributed by atoms with Crippen LogP contribution in [0.3, 0.4) is 0 Å². The summed E-state index contributed by atoms with van der Waals surface area (Å²) in [5.41, 5.74) is 13.9. The van der Waals surface area contributed by atoms with Crippen molar-refractivity contribution in [1.29, 1.82) is 0 Å². The summed E-state index contributed by atoms with van der Waals surface area (Å²) >= 11 is 0. The minimum absolute atomic E-state index is 0.190. The third-order valence-electron chi connectivity index (χ3n) is 3.51. The van der Waals surface area contributed by atoms with E-state index in [0.29, 0.717) is 6.61 Å². The summed E-state index contributed by atoms with van der Waals surface area (Å²) in [7, 11) is 0. The molecule has 5 N–H and O–H groups in total. The van der Waals surface area contributed by atoms with Gasteiger partial charge in [-0.05, 0) is 37.1 Å². The second-order valence-corrected chi connectivity index (χ2v) is 5.55. The fourth-order valence-electron chi connectivity index (χ4n) is 2.52. The van der Waals surface area contributed by atoms with Gasteiger partial charge in [0.15, 0.2) is 0 Å². The van der Waals surface area contributed by atoms with E-state index in [1.54, 1.807) is 0 Å². The maximum atomic E-state index is 8.25. The van der Waals surface area contributed by atoms with Crippen LogP contribution in [0.4, 0.5) is 5.69 Å². The first-order valence-corrected chi connectivity index (χ1v) is 7.80. The van der Waals surface area contributed by atoms with Gasteiger partial charge < -0.3 is 24.8 Å². The molecule has 2 rings (SSSR count). The highest BCUT2D eigenvalue weighted by atomic mass is 16.9. The van der Waals surface area contributed by atoms with Crippen LogP contribution in [0.2, 0.25) is 0 Å². The van der Waals surface area contributed by atoms with Gasteiger partial charge in [0, 0.05) is 19.6 Å². The summed E-state index contributed by atoms with van der Waals surface area (Å²) in [4.78, 5) is 13.5. The Bertz CT molecular complexity index is 571. The Hall–Kier alpha value is -2.59. The summed E-state index contributed by atoms with van der Waals surface area (Å²) in [6, 6.07) is 3.97. The molecular formula is C15H25N5O5. The van der Waals surface area contributed by atoms with E-state index in [1.807, 2.05) is 26.0 Å². The van der Waals surface area contributed by atoms with Crippen LogP contribution in [0, 0.1) is 29.2 Å². The summed E-state index contributed by atoms with van der Waals surface area (Å²) in [5, 5.41) is 14.8. The molecule has 0 saturated carbocycles. The molecule has 0 aliphatic carbocycles. The third kappa shape index (κ3) is 8.18. The quantitative estimate of drug-likeness (QED) is 0.256. The first-order valence-electron chi connectivity index (χ1n) is 7.80. The van der Waals surface area contributed by atoms with Crippen LogP contribution in [-0.4, -0.2) is 55.4 Å². The molecule has 0 amide bonds. The van der Waals surface area contributed by atoms with Crippen LogP contribution < -0.4 is 21.2 Å². The largest absolute Gasteiger partial charge is 0.492 e. The molecule has 1 saturated heterocycles. The van der Waals surface area contributed by atoms with Crippen molar-refractivity contribution in [3.63, 3.8) is 0 Å². The Kier molecular flexibility index (Phi) is 8.44. The minimum Gasteiger partial charge on any atom is -0.492 e. The Morgan fingerprint density at radius 3 is 2.28 bits per heavy atom. The van der Waals surface area contributed by atoms with Crippen molar-refractivity contribution in [3.8, 4) is 5.75 Å². The predicted molar refractivity (Wildman–Crippen MR) is 93.0 cm³/mol. The summed E-state index contributed by atoms with van der Waals surface area (Å²) in [6.45, 7) is 9.24. The van der Waals surface area contributed by atoms with Crippen LogP contribution in [0.1, 0.15) is 11.1 Å². The molecule has 1 aliphatic heterocycles. The van der Waals surface area contributed by atoms with Crippen LogP contribution >= 0.6 is 0 Å². The molecule has 0 atom stereocenters. The first kappa shape index (κ1) is 20.5. The Labute approximate surface area is 146 Å². The summed E-state index contributed by atoms with van der Waals surface area (Å²) < 4.78 is 11.3. The number of ether oxygens (including phenoxy) is 2. The number of nitrogens with zero attached hydrogens (tertiary/aromatic N) is 2. The van der Waals surface area contributed by atoms with Crippen molar-refractivity contribution in [3.05, 3.63) is 38.6 Å².